The van der Waals surface area contributed by atoms with Gasteiger partial charge in [-0.2, -0.15) is 8.42 Å². The number of pyridine rings is 1. The van der Waals surface area contributed by atoms with E-state index in [1.54, 1.807) is 29.6 Å². The Hall–Kier alpha value is -4.52. The Labute approximate surface area is 262 Å². The molecule has 0 saturated carbocycles. The molecule has 4 rings (SSSR count). The molecule has 242 valence electrons. The minimum atomic E-state index is -4.47. The summed E-state index contributed by atoms with van der Waals surface area (Å²) in [6.45, 7) is 0.975. The van der Waals surface area contributed by atoms with Crippen molar-refractivity contribution in [1.82, 2.24) is 15.5 Å². The first-order chi connectivity index (χ1) is 21.2. The lowest BCUT2D eigenvalue weighted by Gasteiger charge is -2.47. The Balaban J connectivity index is 0.000000392. The van der Waals surface area contributed by atoms with Crippen LogP contribution in [-0.4, -0.2) is 87.6 Å². The third-order valence-corrected chi connectivity index (χ3v) is 8.94. The van der Waals surface area contributed by atoms with Crippen molar-refractivity contribution in [3.05, 3.63) is 71.7 Å². The summed E-state index contributed by atoms with van der Waals surface area (Å²) in [5.41, 5.74) is 11.5. The van der Waals surface area contributed by atoms with Crippen LogP contribution in [0, 0.1) is 5.41 Å². The van der Waals surface area contributed by atoms with Gasteiger partial charge in [0.25, 0.3) is 16.0 Å². The maximum atomic E-state index is 12.6. The molecular weight excluding hydrogens is 630 g/mol. The normalized spacial score (nSPS) is 17.8. The maximum Gasteiger partial charge on any atom is 0.336 e. The van der Waals surface area contributed by atoms with Gasteiger partial charge in [0, 0.05) is 36.2 Å². The first kappa shape index (κ1) is 35.0. The molecule has 0 spiro atoms. The molecule has 1 fully saturated rings. The fourth-order valence-electron chi connectivity index (χ4n) is 4.35. The fraction of sp³-hybridized carbons (Fsp3) is 0.333. The smallest absolute Gasteiger partial charge is 0.336 e. The predicted octanol–water partition coefficient (Wildman–Crippen LogP) is -0.893. The second-order valence-electron chi connectivity index (χ2n) is 10.0. The van der Waals surface area contributed by atoms with E-state index in [0.29, 0.717) is 31.7 Å². The number of carboxylic acids is 2. The number of thioether (sulfide) groups is 1. The minimum absolute atomic E-state index is 0.112. The molecule has 45 heavy (non-hydrogen) atoms. The van der Waals surface area contributed by atoms with Gasteiger partial charge in [-0.25, -0.2) is 9.36 Å². The number of aliphatic carboxylic acids is 1. The number of hydrogen-bond acceptors (Lipinski definition) is 9. The summed E-state index contributed by atoms with van der Waals surface area (Å²) in [6, 6.07) is 7.11. The lowest BCUT2D eigenvalue weighted by atomic mass is 10.1. The molecule has 2 aliphatic rings. The largest absolute Gasteiger partial charge is 0.480 e. The third-order valence-electron chi connectivity index (χ3n) is 6.61. The lowest BCUT2D eigenvalue weighted by molar-refractivity contribution is -0.689. The molecule has 0 aliphatic carbocycles. The molecular formula is C27H34N7O9S2+. The molecule has 3 atom stereocenters. The van der Waals surface area contributed by atoms with Crippen molar-refractivity contribution in [3.63, 3.8) is 0 Å². The van der Waals surface area contributed by atoms with E-state index in [1.807, 2.05) is 4.57 Å². The average molecular weight is 665 g/mol. The highest BCUT2D eigenvalue weighted by Gasteiger charge is 2.49. The number of aromatic nitrogens is 1. The van der Waals surface area contributed by atoms with Crippen LogP contribution in [0.4, 0.5) is 0 Å². The first-order valence-corrected chi connectivity index (χ1v) is 15.9. The molecule has 3 heterocycles. The Morgan fingerprint density at radius 1 is 1.16 bits per heavy atom. The van der Waals surface area contributed by atoms with Crippen LogP contribution in [0.1, 0.15) is 28.8 Å². The molecule has 16 nitrogen and oxygen atoms in total. The number of amides is 2. The second kappa shape index (κ2) is 15.5. The van der Waals surface area contributed by atoms with Gasteiger partial charge in [0.2, 0.25) is 5.91 Å². The van der Waals surface area contributed by atoms with E-state index in [1.165, 1.54) is 42.1 Å². The fourth-order valence-corrected chi connectivity index (χ4v) is 6.33. The van der Waals surface area contributed by atoms with Crippen molar-refractivity contribution in [3.8, 4) is 0 Å². The third kappa shape index (κ3) is 10.00. The van der Waals surface area contributed by atoms with E-state index in [9.17, 15) is 32.1 Å². The van der Waals surface area contributed by atoms with Crippen LogP contribution < -0.4 is 26.7 Å². The number of β-lactam (4-membered cyclic amide) rings is 1. The molecule has 2 aromatic rings. The number of benzene rings is 1. The number of fused-ring (bicyclic) bond motifs is 1. The van der Waals surface area contributed by atoms with Gasteiger partial charge in [0.15, 0.2) is 24.9 Å². The number of carbonyl (C=O) groups excluding carboxylic acids is 2. The molecule has 1 saturated heterocycles. The van der Waals surface area contributed by atoms with Crippen molar-refractivity contribution in [2.24, 2.45) is 11.5 Å². The maximum absolute atomic E-state index is 12.6. The van der Waals surface area contributed by atoms with Gasteiger partial charge in [0.1, 0.15) is 17.5 Å². The van der Waals surface area contributed by atoms with Gasteiger partial charge in [-0.3, -0.25) is 24.3 Å². The second-order valence-corrected chi connectivity index (χ2v) is 12.5. The zero-order valence-electron chi connectivity index (χ0n) is 23.8. The van der Waals surface area contributed by atoms with Crippen molar-refractivity contribution >= 4 is 51.6 Å². The van der Waals surface area contributed by atoms with Crippen molar-refractivity contribution in [1.29, 1.82) is 5.41 Å². The van der Waals surface area contributed by atoms with Crippen molar-refractivity contribution in [2.75, 3.05) is 12.3 Å². The zero-order chi connectivity index (χ0) is 33.3. The summed E-state index contributed by atoms with van der Waals surface area (Å²) >= 11 is 1.49. The molecule has 0 radical (unpaired) electrons. The summed E-state index contributed by atoms with van der Waals surface area (Å²) in [5, 5.41) is 29.1. The van der Waals surface area contributed by atoms with Crippen LogP contribution in [-0.2, 0) is 37.5 Å². The van der Waals surface area contributed by atoms with E-state index in [-0.39, 0.29) is 39.7 Å². The zero-order valence-corrected chi connectivity index (χ0v) is 25.5. The number of aromatic carboxylic acids is 1. The van der Waals surface area contributed by atoms with Gasteiger partial charge < -0.3 is 37.2 Å². The Morgan fingerprint density at radius 2 is 1.82 bits per heavy atom. The van der Waals surface area contributed by atoms with Crippen LogP contribution >= 0.6 is 11.8 Å². The Bertz CT molecular complexity index is 1580. The highest BCUT2D eigenvalue weighted by Crippen LogP contribution is 2.36. The van der Waals surface area contributed by atoms with E-state index < -0.39 is 40.0 Å². The first-order valence-electron chi connectivity index (χ1n) is 13.4. The molecule has 1 aromatic heterocycles. The summed E-state index contributed by atoms with van der Waals surface area (Å²) < 4.78 is 34.1. The molecule has 2 amide bonds. The van der Waals surface area contributed by atoms with Crippen molar-refractivity contribution < 1.29 is 46.9 Å². The molecule has 1 unspecified atom stereocenters. The van der Waals surface area contributed by atoms with Gasteiger partial charge >= 0.3 is 11.9 Å². The Kier molecular flexibility index (Phi) is 12.0. The quantitative estimate of drug-likeness (QED) is 0.0342. The van der Waals surface area contributed by atoms with E-state index >= 15 is 0 Å². The minimum Gasteiger partial charge on any atom is -0.480 e. The standard InChI is InChI=1S/C21H19N3O7S2.C6H14N4O2/c25-17(9-15-3-1-2-4-16(15)33(29,30)31)22-18-19(26)24-11-13(12-32-20(18)24)10-23-7-5-14(6-8-23)21(27)28;7-4(5(11)12)2-1-3-10-6(8)9/h1-8,11,18,20H,9-10,12H2,(H2-,22,25,27,28,29,30,31);4H,1-3,7H2,(H,11,12)(H4,8,9,10)/p+1/t18?,20-;4-/m10/s1. The topological polar surface area (TPSA) is 270 Å². The molecule has 1 aromatic carbocycles. The van der Waals surface area contributed by atoms with Crippen LogP contribution in [0.25, 0.3) is 0 Å². The number of hydrogen-bond donors (Lipinski definition) is 8. The predicted molar refractivity (Wildman–Crippen MR) is 161 cm³/mol. The highest BCUT2D eigenvalue weighted by atomic mass is 32.2. The van der Waals surface area contributed by atoms with Crippen LogP contribution in [0.15, 0.2) is 65.5 Å². The number of guanidine groups is 1. The van der Waals surface area contributed by atoms with Gasteiger partial charge in [-0.15, -0.1) is 11.8 Å². The number of nitrogens with two attached hydrogens (primary N) is 2. The van der Waals surface area contributed by atoms with Crippen LogP contribution in [0.3, 0.4) is 0 Å². The number of nitrogens with one attached hydrogen (secondary N) is 3. The lowest BCUT2D eigenvalue weighted by Crippen LogP contribution is -2.68. The van der Waals surface area contributed by atoms with E-state index in [4.69, 9.17) is 27.1 Å². The van der Waals surface area contributed by atoms with E-state index in [0.717, 1.165) is 5.57 Å². The summed E-state index contributed by atoms with van der Waals surface area (Å²) in [7, 11) is -4.47. The number of rotatable bonds is 12. The monoisotopic (exact) mass is 664 g/mol. The molecule has 0 bridgehead atoms. The van der Waals surface area contributed by atoms with Gasteiger partial charge in [0.05, 0.1) is 16.9 Å². The Morgan fingerprint density at radius 3 is 2.42 bits per heavy atom. The average Bonchev–Trinajstić information content (AvgIpc) is 2.98. The van der Waals surface area contributed by atoms with Crippen molar-refractivity contribution in [2.45, 2.75) is 48.2 Å². The molecule has 2 aliphatic heterocycles. The summed E-state index contributed by atoms with van der Waals surface area (Å²) in [6.07, 6.45) is 5.75. The summed E-state index contributed by atoms with van der Waals surface area (Å²) in [5.74, 6) is -2.28. The van der Waals surface area contributed by atoms with Crippen LogP contribution in [0.5, 0.6) is 0 Å². The molecule has 10 N–H and O–H groups in total. The van der Waals surface area contributed by atoms with Crippen LogP contribution in [0.2, 0.25) is 0 Å². The number of nitrogens with zero attached hydrogens (tertiary/aromatic N) is 2. The van der Waals surface area contributed by atoms with Gasteiger partial charge in [-0.1, -0.05) is 18.2 Å². The van der Waals surface area contributed by atoms with Gasteiger partial charge in [-0.05, 0) is 24.5 Å². The molecule has 18 heteroatoms. The highest BCUT2D eigenvalue weighted by molar-refractivity contribution is 8.00. The number of carbonyl (C=O) groups is 4. The van der Waals surface area contributed by atoms with E-state index in [2.05, 4.69) is 10.6 Å². The summed E-state index contributed by atoms with van der Waals surface area (Å²) in [4.78, 5) is 47.4. The number of carboxylic acid groups (broad SMARTS) is 2. The SMILES string of the molecule is N=C(N)NCCC[C@H](N)C(=O)O.O=C(Cc1ccccc1S(=O)(=O)O)NC1C(=O)N2C=C(C[n+]3ccc(C(=O)O)cc3)CS[C@H]12.